The van der Waals surface area contributed by atoms with Gasteiger partial charge in [-0.15, -0.1) is 11.6 Å². The van der Waals surface area contributed by atoms with Crippen molar-refractivity contribution in [3.05, 3.63) is 28.2 Å². The molecule has 0 heterocycles. The predicted molar refractivity (Wildman–Crippen MR) is 80.7 cm³/mol. The number of hydrogen-bond donors (Lipinski definition) is 1. The topological polar surface area (TPSA) is 46.2 Å². The van der Waals surface area contributed by atoms with Crippen LogP contribution in [0, 0.1) is 5.92 Å². The first-order chi connectivity index (χ1) is 8.76. The van der Waals surface area contributed by atoms with Crippen LogP contribution in [-0.4, -0.2) is 20.3 Å². The monoisotopic (exact) mass is 343 g/mol. The minimum atomic E-state index is -3.72. The Morgan fingerprint density at radius 2 is 1.89 bits per heavy atom. The third-order valence-corrected chi connectivity index (χ3v) is 5.06. The molecule has 0 saturated carbocycles. The predicted octanol–water partition coefficient (Wildman–Crippen LogP) is 3.93. The van der Waals surface area contributed by atoms with E-state index in [1.807, 2.05) is 13.8 Å². The van der Waals surface area contributed by atoms with E-state index >= 15 is 0 Å². The van der Waals surface area contributed by atoms with E-state index < -0.39 is 10.0 Å². The molecular weight excluding hydrogens is 329 g/mol. The molecule has 1 N–H and O–H groups in total. The Kier molecular flexibility index (Phi) is 6.40. The molecule has 0 aromatic heterocycles. The van der Waals surface area contributed by atoms with Gasteiger partial charge in [0.15, 0.2) is 0 Å². The van der Waals surface area contributed by atoms with Gasteiger partial charge in [-0.05, 0) is 30.5 Å². The molecule has 1 aromatic rings. The lowest BCUT2D eigenvalue weighted by Gasteiger charge is -2.18. The summed E-state index contributed by atoms with van der Waals surface area (Å²) in [5.74, 6) is 0.538. The zero-order chi connectivity index (χ0) is 14.6. The maximum atomic E-state index is 12.2. The summed E-state index contributed by atoms with van der Waals surface area (Å²) in [6, 6.07) is 3.99. The fourth-order valence-corrected chi connectivity index (χ4v) is 3.98. The summed E-state index contributed by atoms with van der Waals surface area (Å²) in [7, 11) is -3.72. The average Bonchev–Trinajstić information content (AvgIpc) is 2.30. The number of nitrogens with one attached hydrogen (secondary N) is 1. The van der Waals surface area contributed by atoms with Crippen LogP contribution in [0.2, 0.25) is 10.0 Å². The Morgan fingerprint density at radius 1 is 1.26 bits per heavy atom. The summed E-state index contributed by atoms with van der Waals surface area (Å²) in [6.45, 7) is 4.00. The molecule has 1 aromatic carbocycles. The summed E-state index contributed by atoms with van der Waals surface area (Å²) < 4.78 is 27.0. The van der Waals surface area contributed by atoms with Crippen molar-refractivity contribution in [1.82, 2.24) is 4.72 Å². The molecule has 0 aliphatic rings. The van der Waals surface area contributed by atoms with Gasteiger partial charge >= 0.3 is 0 Å². The summed E-state index contributed by atoms with van der Waals surface area (Å²) in [5.41, 5.74) is 0. The van der Waals surface area contributed by atoms with Crippen LogP contribution < -0.4 is 4.72 Å². The van der Waals surface area contributed by atoms with Crippen LogP contribution in [0.4, 0.5) is 0 Å². The van der Waals surface area contributed by atoms with Gasteiger partial charge in [-0.25, -0.2) is 13.1 Å². The van der Waals surface area contributed by atoms with E-state index in [9.17, 15) is 8.42 Å². The van der Waals surface area contributed by atoms with Gasteiger partial charge in [0.05, 0.1) is 5.02 Å². The van der Waals surface area contributed by atoms with E-state index in [-0.39, 0.29) is 21.8 Å². The first kappa shape index (κ1) is 17.1. The first-order valence-electron chi connectivity index (χ1n) is 5.79. The number of alkyl halides is 1. The molecule has 1 unspecified atom stereocenters. The van der Waals surface area contributed by atoms with Crippen LogP contribution in [0.1, 0.15) is 20.3 Å². The van der Waals surface area contributed by atoms with Crippen molar-refractivity contribution in [2.45, 2.75) is 31.2 Å². The summed E-state index contributed by atoms with van der Waals surface area (Å²) >= 11 is 17.5. The second-order valence-corrected chi connectivity index (χ2v) is 7.51. The molecule has 0 fully saturated rings. The SMILES string of the molecule is CC(C)CC(CCl)NS(=O)(=O)c1cc(Cl)ccc1Cl. The largest absolute Gasteiger partial charge is 0.242 e. The molecule has 0 aliphatic carbocycles. The van der Waals surface area contributed by atoms with Crippen molar-refractivity contribution in [1.29, 1.82) is 0 Å². The van der Waals surface area contributed by atoms with Crippen LogP contribution in [0.15, 0.2) is 23.1 Å². The van der Waals surface area contributed by atoms with Gasteiger partial charge < -0.3 is 0 Å². The zero-order valence-corrected chi connectivity index (χ0v) is 13.7. The quantitative estimate of drug-likeness (QED) is 0.795. The maximum absolute atomic E-state index is 12.2. The molecule has 1 atom stereocenters. The Balaban J connectivity index is 3.00. The van der Waals surface area contributed by atoms with E-state index in [0.29, 0.717) is 17.4 Å². The average molecular weight is 345 g/mol. The molecule has 1 rings (SSSR count). The van der Waals surface area contributed by atoms with Crippen LogP contribution >= 0.6 is 34.8 Å². The van der Waals surface area contributed by atoms with Gasteiger partial charge in [0, 0.05) is 16.9 Å². The molecule has 0 radical (unpaired) electrons. The molecule has 7 heteroatoms. The number of hydrogen-bond acceptors (Lipinski definition) is 2. The third-order valence-electron chi connectivity index (χ3n) is 2.45. The third kappa shape index (κ3) is 5.12. The maximum Gasteiger partial charge on any atom is 0.242 e. The Hall–Kier alpha value is -0.000000000000000111. The molecule has 0 bridgehead atoms. The number of sulfonamides is 1. The van der Waals surface area contributed by atoms with Crippen LogP contribution in [0.25, 0.3) is 0 Å². The molecule has 3 nitrogen and oxygen atoms in total. The lowest BCUT2D eigenvalue weighted by atomic mass is 10.1. The van der Waals surface area contributed by atoms with Crippen molar-refractivity contribution < 1.29 is 8.42 Å². The second-order valence-electron chi connectivity index (χ2n) is 4.68. The van der Waals surface area contributed by atoms with E-state index in [2.05, 4.69) is 4.72 Å². The van der Waals surface area contributed by atoms with Gasteiger partial charge in [0.25, 0.3) is 0 Å². The van der Waals surface area contributed by atoms with E-state index in [0.717, 1.165) is 0 Å². The standard InChI is InChI=1S/C12H16Cl3NO2S/c1-8(2)5-10(7-13)16-19(17,18)12-6-9(14)3-4-11(12)15/h3-4,6,8,10,16H,5,7H2,1-2H3. The number of rotatable bonds is 6. The molecule has 0 aliphatic heterocycles. The van der Waals surface area contributed by atoms with Gasteiger partial charge in [-0.2, -0.15) is 0 Å². The van der Waals surface area contributed by atoms with Crippen molar-refractivity contribution >= 4 is 44.8 Å². The smallest absolute Gasteiger partial charge is 0.207 e. The zero-order valence-electron chi connectivity index (χ0n) is 10.7. The normalized spacial score (nSPS) is 13.8. The van der Waals surface area contributed by atoms with Crippen LogP contribution in [-0.2, 0) is 10.0 Å². The molecule has 0 saturated heterocycles. The molecule has 0 amide bonds. The second kappa shape index (κ2) is 7.14. The molecular formula is C12H16Cl3NO2S. The number of halogens is 3. The summed E-state index contributed by atoms with van der Waals surface area (Å²) in [5, 5.41) is 0.450. The van der Waals surface area contributed by atoms with Crippen LogP contribution in [0.5, 0.6) is 0 Å². The van der Waals surface area contributed by atoms with E-state index in [1.54, 1.807) is 0 Å². The first-order valence-corrected chi connectivity index (χ1v) is 8.57. The van der Waals surface area contributed by atoms with Gasteiger partial charge in [0.2, 0.25) is 10.0 Å². The highest BCUT2D eigenvalue weighted by Gasteiger charge is 2.23. The van der Waals surface area contributed by atoms with Crippen molar-refractivity contribution in [2.75, 3.05) is 5.88 Å². The summed E-state index contributed by atoms with van der Waals surface area (Å²) in [4.78, 5) is -0.0273. The molecule has 108 valence electrons. The van der Waals surface area contributed by atoms with Crippen molar-refractivity contribution in [3.8, 4) is 0 Å². The van der Waals surface area contributed by atoms with E-state index in [4.69, 9.17) is 34.8 Å². The molecule has 0 spiro atoms. The van der Waals surface area contributed by atoms with Crippen molar-refractivity contribution in [2.24, 2.45) is 5.92 Å². The minimum absolute atomic E-state index is 0.0273. The van der Waals surface area contributed by atoms with E-state index in [1.165, 1.54) is 18.2 Å². The van der Waals surface area contributed by atoms with Gasteiger partial charge in [-0.3, -0.25) is 0 Å². The Labute approximate surface area is 129 Å². The highest BCUT2D eigenvalue weighted by Crippen LogP contribution is 2.25. The molecule has 19 heavy (non-hydrogen) atoms. The highest BCUT2D eigenvalue weighted by molar-refractivity contribution is 7.89. The Bertz CT molecular complexity index is 532. The highest BCUT2D eigenvalue weighted by atomic mass is 35.5. The lowest BCUT2D eigenvalue weighted by molar-refractivity contribution is 0.485. The fourth-order valence-electron chi connectivity index (χ4n) is 1.68. The van der Waals surface area contributed by atoms with Gasteiger partial charge in [-0.1, -0.05) is 37.0 Å². The number of benzene rings is 1. The van der Waals surface area contributed by atoms with Crippen molar-refractivity contribution in [3.63, 3.8) is 0 Å². The van der Waals surface area contributed by atoms with Gasteiger partial charge in [0.1, 0.15) is 4.90 Å². The minimum Gasteiger partial charge on any atom is -0.207 e. The lowest BCUT2D eigenvalue weighted by Crippen LogP contribution is -2.37. The summed E-state index contributed by atoms with van der Waals surface area (Å²) in [6.07, 6.45) is 0.654. The van der Waals surface area contributed by atoms with Crippen LogP contribution in [0.3, 0.4) is 0 Å². The fraction of sp³-hybridized carbons (Fsp3) is 0.500. The Morgan fingerprint density at radius 3 is 2.42 bits per heavy atom.